The molecule has 0 aliphatic carbocycles. The minimum Gasteiger partial charge on any atom is -0.395 e. The number of hydrogen-bond acceptors (Lipinski definition) is 4. The van der Waals surface area contributed by atoms with Crippen molar-refractivity contribution in [1.29, 1.82) is 0 Å². The van der Waals surface area contributed by atoms with Crippen LogP contribution in [0.5, 0.6) is 0 Å². The molecule has 0 saturated carbocycles. The normalized spacial score (nSPS) is 16.9. The zero-order valence-corrected chi connectivity index (χ0v) is 10.0. The monoisotopic (exact) mass is 253 g/mol. The number of carbonyl (C=O) groups is 1. The van der Waals surface area contributed by atoms with Crippen LogP contribution in [-0.2, 0) is 0 Å². The van der Waals surface area contributed by atoms with Gasteiger partial charge in [0.1, 0.15) is 0 Å². The number of hydrogen-bond donors (Lipinski definition) is 1. The number of β-amino-alcohol motifs (C(OH)–C–C–N with tert-alkyl or cyclic N) is 1. The second-order valence-corrected chi connectivity index (χ2v) is 4.23. The molecular formula is C12H16FN3O2. The number of piperazine rings is 1. The van der Waals surface area contributed by atoms with Crippen molar-refractivity contribution in [2.75, 3.05) is 39.3 Å². The van der Waals surface area contributed by atoms with E-state index in [9.17, 15) is 9.18 Å². The lowest BCUT2D eigenvalue weighted by molar-refractivity contribution is 0.0614. The molecule has 0 unspecified atom stereocenters. The third-order valence-electron chi connectivity index (χ3n) is 3.05. The van der Waals surface area contributed by atoms with E-state index in [1.807, 2.05) is 0 Å². The van der Waals surface area contributed by atoms with Gasteiger partial charge in [-0.3, -0.25) is 9.69 Å². The number of aromatic nitrogens is 1. The maximum atomic E-state index is 12.7. The van der Waals surface area contributed by atoms with Gasteiger partial charge in [-0.2, -0.15) is 4.39 Å². The van der Waals surface area contributed by atoms with Crippen LogP contribution < -0.4 is 0 Å². The summed E-state index contributed by atoms with van der Waals surface area (Å²) in [6.45, 7) is 3.52. The van der Waals surface area contributed by atoms with Gasteiger partial charge in [-0.15, -0.1) is 0 Å². The molecule has 98 valence electrons. The zero-order valence-electron chi connectivity index (χ0n) is 10.0. The van der Waals surface area contributed by atoms with Crippen LogP contribution in [0, 0.1) is 5.95 Å². The quantitative estimate of drug-likeness (QED) is 0.769. The van der Waals surface area contributed by atoms with Crippen molar-refractivity contribution in [3.05, 3.63) is 29.8 Å². The second-order valence-electron chi connectivity index (χ2n) is 4.23. The molecule has 0 atom stereocenters. The van der Waals surface area contributed by atoms with E-state index in [1.54, 1.807) is 4.90 Å². The molecule has 1 aliphatic heterocycles. The summed E-state index contributed by atoms with van der Waals surface area (Å²) >= 11 is 0. The predicted molar refractivity (Wildman–Crippen MR) is 63.6 cm³/mol. The van der Waals surface area contributed by atoms with E-state index in [1.165, 1.54) is 18.3 Å². The first-order chi connectivity index (χ1) is 8.70. The summed E-state index contributed by atoms with van der Waals surface area (Å²) < 4.78 is 12.7. The molecule has 2 heterocycles. The molecule has 0 bridgehead atoms. The van der Waals surface area contributed by atoms with Crippen LogP contribution in [0.15, 0.2) is 18.3 Å². The van der Waals surface area contributed by atoms with Crippen molar-refractivity contribution in [3.8, 4) is 0 Å². The number of rotatable bonds is 3. The van der Waals surface area contributed by atoms with E-state index >= 15 is 0 Å². The molecule has 2 rings (SSSR count). The average Bonchev–Trinajstić information content (AvgIpc) is 2.40. The van der Waals surface area contributed by atoms with Gasteiger partial charge < -0.3 is 10.0 Å². The summed E-state index contributed by atoms with van der Waals surface area (Å²) in [6, 6.07) is 2.64. The highest BCUT2D eigenvalue weighted by Crippen LogP contribution is 2.08. The van der Waals surface area contributed by atoms with E-state index in [-0.39, 0.29) is 12.5 Å². The highest BCUT2D eigenvalue weighted by Gasteiger charge is 2.21. The van der Waals surface area contributed by atoms with Crippen molar-refractivity contribution in [2.45, 2.75) is 0 Å². The number of nitrogens with zero attached hydrogens (tertiary/aromatic N) is 3. The maximum Gasteiger partial charge on any atom is 0.255 e. The second kappa shape index (κ2) is 5.88. The van der Waals surface area contributed by atoms with Gasteiger partial charge in [-0.05, 0) is 12.1 Å². The molecule has 1 aromatic rings. The van der Waals surface area contributed by atoms with Crippen LogP contribution in [0.1, 0.15) is 10.4 Å². The van der Waals surface area contributed by atoms with Gasteiger partial charge in [0, 0.05) is 38.9 Å². The third-order valence-corrected chi connectivity index (χ3v) is 3.05. The van der Waals surface area contributed by atoms with Crippen LogP contribution in [0.25, 0.3) is 0 Å². The number of aliphatic hydroxyl groups excluding tert-OH is 1. The van der Waals surface area contributed by atoms with Crippen LogP contribution >= 0.6 is 0 Å². The fraction of sp³-hybridized carbons (Fsp3) is 0.500. The van der Waals surface area contributed by atoms with Crippen molar-refractivity contribution in [3.63, 3.8) is 0 Å². The fourth-order valence-corrected chi connectivity index (χ4v) is 2.00. The Bertz CT molecular complexity index is 402. The molecule has 18 heavy (non-hydrogen) atoms. The largest absolute Gasteiger partial charge is 0.395 e. The minimum atomic E-state index is -0.584. The Morgan fingerprint density at radius 1 is 1.33 bits per heavy atom. The number of pyridine rings is 1. The van der Waals surface area contributed by atoms with Gasteiger partial charge in [0.25, 0.3) is 5.91 Å². The lowest BCUT2D eigenvalue weighted by atomic mass is 10.2. The lowest BCUT2D eigenvalue weighted by Crippen LogP contribution is -2.49. The molecule has 1 amide bonds. The van der Waals surface area contributed by atoms with E-state index in [2.05, 4.69) is 9.88 Å². The number of amides is 1. The zero-order chi connectivity index (χ0) is 13.0. The highest BCUT2D eigenvalue weighted by atomic mass is 19.1. The molecule has 1 aliphatic rings. The number of carbonyl (C=O) groups excluding carboxylic acids is 1. The van der Waals surface area contributed by atoms with Crippen molar-refractivity contribution >= 4 is 5.91 Å². The van der Waals surface area contributed by atoms with Gasteiger partial charge in [0.05, 0.1) is 12.2 Å². The summed E-state index contributed by atoms with van der Waals surface area (Å²) in [5.41, 5.74) is 0.409. The van der Waals surface area contributed by atoms with Crippen molar-refractivity contribution in [1.82, 2.24) is 14.8 Å². The van der Waals surface area contributed by atoms with E-state index in [0.29, 0.717) is 25.2 Å². The van der Waals surface area contributed by atoms with E-state index in [0.717, 1.165) is 13.1 Å². The van der Waals surface area contributed by atoms with E-state index in [4.69, 9.17) is 5.11 Å². The highest BCUT2D eigenvalue weighted by molar-refractivity contribution is 5.93. The summed E-state index contributed by atoms with van der Waals surface area (Å²) in [7, 11) is 0. The fourth-order valence-electron chi connectivity index (χ4n) is 2.00. The standard InChI is InChI=1S/C12H16FN3O2/c13-11-2-1-10(9-14-11)12(18)16-5-3-15(4-6-16)7-8-17/h1-2,9,17H,3-8H2. The lowest BCUT2D eigenvalue weighted by Gasteiger charge is -2.34. The first-order valence-electron chi connectivity index (χ1n) is 5.95. The smallest absolute Gasteiger partial charge is 0.255 e. The van der Waals surface area contributed by atoms with Gasteiger partial charge in [-0.25, -0.2) is 4.98 Å². The first-order valence-corrected chi connectivity index (χ1v) is 5.95. The molecular weight excluding hydrogens is 237 g/mol. The molecule has 0 radical (unpaired) electrons. The molecule has 0 aromatic carbocycles. The Balaban J connectivity index is 1.93. The molecule has 1 aromatic heterocycles. The Hall–Kier alpha value is -1.53. The molecule has 1 fully saturated rings. The van der Waals surface area contributed by atoms with Crippen molar-refractivity contribution in [2.24, 2.45) is 0 Å². The molecule has 0 spiro atoms. The van der Waals surface area contributed by atoms with Gasteiger partial charge in [-0.1, -0.05) is 0 Å². The summed E-state index contributed by atoms with van der Waals surface area (Å²) in [4.78, 5) is 19.4. The minimum absolute atomic E-state index is 0.119. The molecule has 1 saturated heterocycles. The average molecular weight is 253 g/mol. The molecule has 5 nitrogen and oxygen atoms in total. The third kappa shape index (κ3) is 3.02. The van der Waals surface area contributed by atoms with Gasteiger partial charge in [0.15, 0.2) is 0 Å². The van der Waals surface area contributed by atoms with Gasteiger partial charge >= 0.3 is 0 Å². The Morgan fingerprint density at radius 2 is 2.06 bits per heavy atom. The van der Waals surface area contributed by atoms with Crippen LogP contribution in [0.3, 0.4) is 0 Å². The van der Waals surface area contributed by atoms with E-state index < -0.39 is 5.95 Å². The summed E-state index contributed by atoms with van der Waals surface area (Å²) in [6.07, 6.45) is 1.26. The Morgan fingerprint density at radius 3 is 2.61 bits per heavy atom. The SMILES string of the molecule is O=C(c1ccc(F)nc1)N1CCN(CCO)CC1. The Kier molecular flexibility index (Phi) is 4.22. The topological polar surface area (TPSA) is 56.7 Å². The van der Waals surface area contributed by atoms with Crippen LogP contribution in [0.4, 0.5) is 4.39 Å². The first kappa shape index (κ1) is 12.9. The summed E-state index contributed by atoms with van der Waals surface area (Å²) in [5, 5.41) is 8.83. The number of aliphatic hydroxyl groups is 1. The van der Waals surface area contributed by atoms with Gasteiger partial charge in [0.2, 0.25) is 5.95 Å². The maximum absolute atomic E-state index is 12.7. The Labute approximate surface area is 105 Å². The molecule has 6 heteroatoms. The predicted octanol–water partition coefficient (Wildman–Crippen LogP) is -0.0292. The van der Waals surface area contributed by atoms with Crippen molar-refractivity contribution < 1.29 is 14.3 Å². The van der Waals surface area contributed by atoms with Crippen LogP contribution in [-0.4, -0.2) is 65.1 Å². The van der Waals surface area contributed by atoms with Crippen LogP contribution in [0.2, 0.25) is 0 Å². The number of halogens is 1. The summed E-state index contributed by atoms with van der Waals surface area (Å²) in [5.74, 6) is -0.703. The molecule has 1 N–H and O–H groups in total.